The molecule has 0 aromatic heterocycles. The SMILES string of the molecule is COc1ccc(CC(CBr)Cc2cc(F)ccc2C)cc1. The molecule has 0 aliphatic rings. The molecule has 0 amide bonds. The summed E-state index contributed by atoms with van der Waals surface area (Å²) in [5, 5.41) is 0.898. The van der Waals surface area contributed by atoms with Crippen LogP contribution in [-0.2, 0) is 12.8 Å². The zero-order chi connectivity index (χ0) is 15.2. The number of alkyl halides is 1. The van der Waals surface area contributed by atoms with Crippen LogP contribution in [0.1, 0.15) is 16.7 Å². The first-order valence-electron chi connectivity index (χ1n) is 7.06. The third kappa shape index (κ3) is 4.57. The molecule has 0 N–H and O–H groups in total. The zero-order valence-electron chi connectivity index (χ0n) is 12.4. The van der Waals surface area contributed by atoms with Crippen molar-refractivity contribution >= 4 is 15.9 Å². The number of ether oxygens (including phenoxy) is 1. The lowest BCUT2D eigenvalue weighted by Crippen LogP contribution is -2.11. The molecule has 0 radical (unpaired) electrons. The van der Waals surface area contributed by atoms with Crippen molar-refractivity contribution in [1.29, 1.82) is 0 Å². The molecular weight excluding hydrogens is 331 g/mol. The quantitative estimate of drug-likeness (QED) is 0.670. The maximum Gasteiger partial charge on any atom is 0.123 e. The fourth-order valence-electron chi connectivity index (χ4n) is 2.45. The van der Waals surface area contributed by atoms with Gasteiger partial charge >= 0.3 is 0 Å². The van der Waals surface area contributed by atoms with Crippen LogP contribution < -0.4 is 4.74 Å². The standard InChI is InChI=1S/C18H20BrFO/c1-13-3-6-17(20)11-16(13)10-15(12-19)9-14-4-7-18(21-2)8-5-14/h3-8,11,15H,9-10,12H2,1-2H3. The average Bonchev–Trinajstić information content (AvgIpc) is 2.51. The summed E-state index contributed by atoms with van der Waals surface area (Å²) < 4.78 is 18.6. The van der Waals surface area contributed by atoms with Crippen LogP contribution in [0.15, 0.2) is 42.5 Å². The van der Waals surface area contributed by atoms with Gasteiger partial charge in [0.15, 0.2) is 0 Å². The Morgan fingerprint density at radius 3 is 2.43 bits per heavy atom. The van der Waals surface area contributed by atoms with Crippen LogP contribution in [0.3, 0.4) is 0 Å². The lowest BCUT2D eigenvalue weighted by molar-refractivity contribution is 0.414. The van der Waals surface area contributed by atoms with Gasteiger partial charge in [-0.2, -0.15) is 0 Å². The molecule has 0 fully saturated rings. The molecule has 21 heavy (non-hydrogen) atoms. The number of hydrogen-bond acceptors (Lipinski definition) is 1. The molecule has 1 atom stereocenters. The second-order valence-corrected chi connectivity index (χ2v) is 5.99. The molecule has 3 heteroatoms. The van der Waals surface area contributed by atoms with Crippen LogP contribution in [0.25, 0.3) is 0 Å². The average molecular weight is 351 g/mol. The number of aryl methyl sites for hydroxylation is 1. The predicted octanol–water partition coefficient (Wildman–Crippen LogP) is 4.94. The third-order valence-electron chi connectivity index (χ3n) is 3.72. The molecule has 0 saturated carbocycles. The van der Waals surface area contributed by atoms with Gasteiger partial charge in [-0.05, 0) is 66.6 Å². The minimum Gasteiger partial charge on any atom is -0.497 e. The Kier molecular flexibility index (Phi) is 5.80. The minimum atomic E-state index is -0.159. The predicted molar refractivity (Wildman–Crippen MR) is 88.8 cm³/mol. The minimum absolute atomic E-state index is 0.159. The van der Waals surface area contributed by atoms with Gasteiger partial charge in [-0.25, -0.2) is 4.39 Å². The van der Waals surface area contributed by atoms with Gasteiger partial charge in [0.05, 0.1) is 7.11 Å². The molecule has 0 heterocycles. The molecule has 2 aromatic rings. The third-order valence-corrected chi connectivity index (χ3v) is 4.64. The fourth-order valence-corrected chi connectivity index (χ4v) is 2.91. The summed E-state index contributed by atoms with van der Waals surface area (Å²) in [6.07, 6.45) is 1.84. The van der Waals surface area contributed by atoms with Gasteiger partial charge < -0.3 is 4.74 Å². The van der Waals surface area contributed by atoms with E-state index in [0.29, 0.717) is 5.92 Å². The lowest BCUT2D eigenvalue weighted by atomic mass is 9.92. The molecule has 0 aliphatic carbocycles. The Morgan fingerprint density at radius 1 is 1.10 bits per heavy atom. The largest absolute Gasteiger partial charge is 0.497 e. The van der Waals surface area contributed by atoms with Crippen molar-refractivity contribution in [1.82, 2.24) is 0 Å². The summed E-state index contributed by atoms with van der Waals surface area (Å²) in [6.45, 7) is 2.04. The molecule has 0 saturated heterocycles. The van der Waals surface area contributed by atoms with Crippen LogP contribution in [0.2, 0.25) is 0 Å². The molecule has 1 nitrogen and oxygen atoms in total. The highest BCUT2D eigenvalue weighted by Crippen LogP contribution is 2.21. The Bertz CT molecular complexity index is 580. The van der Waals surface area contributed by atoms with E-state index in [4.69, 9.17) is 4.74 Å². The summed E-state index contributed by atoms with van der Waals surface area (Å²) in [6, 6.07) is 13.2. The molecule has 112 valence electrons. The normalized spacial score (nSPS) is 12.2. The number of benzene rings is 2. The van der Waals surface area contributed by atoms with E-state index in [0.717, 1.165) is 35.0 Å². The van der Waals surface area contributed by atoms with Crippen molar-refractivity contribution in [3.05, 3.63) is 65.0 Å². The smallest absolute Gasteiger partial charge is 0.123 e. The summed E-state index contributed by atoms with van der Waals surface area (Å²) in [5.41, 5.74) is 3.51. The molecule has 2 aromatic carbocycles. The zero-order valence-corrected chi connectivity index (χ0v) is 14.0. The van der Waals surface area contributed by atoms with Crippen LogP contribution in [-0.4, -0.2) is 12.4 Å². The monoisotopic (exact) mass is 350 g/mol. The Hall–Kier alpha value is -1.35. The Morgan fingerprint density at radius 2 is 1.81 bits per heavy atom. The van der Waals surface area contributed by atoms with Crippen molar-refractivity contribution < 1.29 is 9.13 Å². The molecule has 0 spiro atoms. The Balaban J connectivity index is 2.07. The van der Waals surface area contributed by atoms with Crippen LogP contribution in [0.5, 0.6) is 5.75 Å². The molecular formula is C18H20BrFO. The first-order chi connectivity index (χ1) is 10.1. The van der Waals surface area contributed by atoms with Crippen molar-refractivity contribution in [3.63, 3.8) is 0 Å². The van der Waals surface area contributed by atoms with Gasteiger partial charge in [-0.1, -0.05) is 34.1 Å². The van der Waals surface area contributed by atoms with E-state index in [2.05, 4.69) is 28.1 Å². The summed E-state index contributed by atoms with van der Waals surface area (Å²) in [5.74, 6) is 1.15. The maximum atomic E-state index is 13.4. The Labute approximate surface area is 134 Å². The molecule has 1 unspecified atom stereocenters. The number of methoxy groups -OCH3 is 1. The first kappa shape index (κ1) is 16.0. The van der Waals surface area contributed by atoms with Crippen LogP contribution in [0.4, 0.5) is 4.39 Å². The van der Waals surface area contributed by atoms with E-state index >= 15 is 0 Å². The summed E-state index contributed by atoms with van der Waals surface area (Å²) in [7, 11) is 1.67. The highest BCUT2D eigenvalue weighted by atomic mass is 79.9. The van der Waals surface area contributed by atoms with Gasteiger partial charge in [0.1, 0.15) is 11.6 Å². The van der Waals surface area contributed by atoms with Gasteiger partial charge in [0.2, 0.25) is 0 Å². The highest BCUT2D eigenvalue weighted by Gasteiger charge is 2.12. The van der Waals surface area contributed by atoms with Crippen LogP contribution >= 0.6 is 15.9 Å². The van der Waals surface area contributed by atoms with Gasteiger partial charge in [0, 0.05) is 5.33 Å². The van der Waals surface area contributed by atoms with Gasteiger partial charge in [-0.3, -0.25) is 0 Å². The van der Waals surface area contributed by atoms with Gasteiger partial charge in [-0.15, -0.1) is 0 Å². The maximum absolute atomic E-state index is 13.4. The molecule has 0 aliphatic heterocycles. The second kappa shape index (κ2) is 7.60. The first-order valence-corrected chi connectivity index (χ1v) is 8.18. The van der Waals surface area contributed by atoms with Crippen molar-refractivity contribution in [3.8, 4) is 5.75 Å². The van der Waals surface area contributed by atoms with Crippen molar-refractivity contribution in [2.75, 3.05) is 12.4 Å². The topological polar surface area (TPSA) is 9.23 Å². The fraction of sp³-hybridized carbons (Fsp3) is 0.333. The molecule has 0 bridgehead atoms. The van der Waals surface area contributed by atoms with E-state index in [1.165, 1.54) is 11.6 Å². The highest BCUT2D eigenvalue weighted by molar-refractivity contribution is 9.09. The van der Waals surface area contributed by atoms with E-state index in [9.17, 15) is 4.39 Å². The van der Waals surface area contributed by atoms with E-state index < -0.39 is 0 Å². The van der Waals surface area contributed by atoms with Gasteiger partial charge in [0.25, 0.3) is 0 Å². The van der Waals surface area contributed by atoms with E-state index in [-0.39, 0.29) is 5.82 Å². The number of halogens is 2. The molecule has 2 rings (SSSR count). The lowest BCUT2D eigenvalue weighted by Gasteiger charge is -2.16. The number of rotatable bonds is 6. The van der Waals surface area contributed by atoms with Crippen LogP contribution in [0, 0.1) is 18.7 Å². The summed E-state index contributed by atoms with van der Waals surface area (Å²) in [4.78, 5) is 0. The van der Waals surface area contributed by atoms with Crippen molar-refractivity contribution in [2.45, 2.75) is 19.8 Å². The number of hydrogen-bond donors (Lipinski definition) is 0. The van der Waals surface area contributed by atoms with E-state index in [1.807, 2.05) is 25.1 Å². The summed E-state index contributed by atoms with van der Waals surface area (Å²) >= 11 is 3.58. The second-order valence-electron chi connectivity index (χ2n) is 5.35. The van der Waals surface area contributed by atoms with E-state index in [1.54, 1.807) is 13.2 Å². The van der Waals surface area contributed by atoms with Crippen molar-refractivity contribution in [2.24, 2.45) is 5.92 Å².